The molecule has 0 aromatic heterocycles. The Kier molecular flexibility index (Phi) is 6.98. The van der Waals surface area contributed by atoms with Gasteiger partial charge in [0.05, 0.1) is 24.9 Å². The van der Waals surface area contributed by atoms with E-state index >= 15 is 0 Å². The highest BCUT2D eigenvalue weighted by Crippen LogP contribution is 2.44. The van der Waals surface area contributed by atoms with Crippen LogP contribution in [0.1, 0.15) is 27.4 Å². The molecule has 2 amide bonds. The smallest absolute Gasteiger partial charge is 0.411 e. The zero-order chi connectivity index (χ0) is 24.8. The number of aliphatic carboxylic acids is 1. The van der Waals surface area contributed by atoms with Crippen molar-refractivity contribution in [1.29, 1.82) is 0 Å². The van der Waals surface area contributed by atoms with Crippen LogP contribution < -0.4 is 15.4 Å². The van der Waals surface area contributed by atoms with Crippen molar-refractivity contribution in [1.82, 2.24) is 5.32 Å². The molecule has 0 radical (unpaired) electrons. The molecule has 0 fully saturated rings. The van der Waals surface area contributed by atoms with Gasteiger partial charge in [0.2, 0.25) is 0 Å². The third kappa shape index (κ3) is 5.25. The Labute approximate surface area is 201 Å². The van der Waals surface area contributed by atoms with Crippen molar-refractivity contribution in [3.63, 3.8) is 0 Å². The van der Waals surface area contributed by atoms with E-state index in [4.69, 9.17) is 14.6 Å². The summed E-state index contributed by atoms with van der Waals surface area (Å²) >= 11 is 0. The van der Waals surface area contributed by atoms with E-state index in [-0.39, 0.29) is 30.3 Å². The molecular weight excluding hydrogens is 448 g/mol. The van der Waals surface area contributed by atoms with Crippen LogP contribution in [-0.4, -0.2) is 43.3 Å². The molecule has 8 heteroatoms. The van der Waals surface area contributed by atoms with Crippen molar-refractivity contribution < 1.29 is 29.0 Å². The van der Waals surface area contributed by atoms with Crippen LogP contribution in [0.4, 0.5) is 10.5 Å². The summed E-state index contributed by atoms with van der Waals surface area (Å²) in [6, 6.07) is 20.6. The molecule has 0 atom stereocenters. The number of ether oxygens (including phenoxy) is 2. The van der Waals surface area contributed by atoms with Crippen LogP contribution in [0.15, 0.2) is 66.7 Å². The van der Waals surface area contributed by atoms with Crippen molar-refractivity contribution in [3.8, 4) is 28.7 Å². The normalized spacial score (nSPS) is 11.3. The van der Waals surface area contributed by atoms with Gasteiger partial charge in [0.1, 0.15) is 12.4 Å². The van der Waals surface area contributed by atoms with Gasteiger partial charge in [-0.15, -0.1) is 0 Å². The maximum atomic E-state index is 12.7. The monoisotopic (exact) mass is 470 g/mol. The number of hydrogen-bond acceptors (Lipinski definition) is 5. The third-order valence-electron chi connectivity index (χ3n) is 5.58. The summed E-state index contributed by atoms with van der Waals surface area (Å²) < 4.78 is 10.8. The topological polar surface area (TPSA) is 114 Å². The van der Waals surface area contributed by atoms with Gasteiger partial charge in [0, 0.05) is 17.9 Å². The van der Waals surface area contributed by atoms with Crippen molar-refractivity contribution in [2.45, 2.75) is 5.92 Å². The molecule has 0 unspecified atom stereocenters. The first-order chi connectivity index (χ1) is 17.0. The molecule has 0 heterocycles. The van der Waals surface area contributed by atoms with Crippen molar-refractivity contribution in [2.75, 3.05) is 25.6 Å². The van der Waals surface area contributed by atoms with Crippen molar-refractivity contribution in [2.24, 2.45) is 0 Å². The first-order valence-electron chi connectivity index (χ1n) is 10.8. The Morgan fingerprint density at radius 2 is 1.63 bits per heavy atom. The largest absolute Gasteiger partial charge is 0.497 e. The lowest BCUT2D eigenvalue weighted by atomic mass is 9.98. The molecule has 0 spiro atoms. The van der Waals surface area contributed by atoms with E-state index < -0.39 is 18.0 Å². The van der Waals surface area contributed by atoms with E-state index in [1.54, 1.807) is 6.07 Å². The number of hydrogen-bond donors (Lipinski definition) is 3. The van der Waals surface area contributed by atoms with Crippen LogP contribution >= 0.6 is 0 Å². The number of carbonyl (C=O) groups is 3. The average molecular weight is 470 g/mol. The first-order valence-corrected chi connectivity index (χ1v) is 10.8. The number of amides is 2. The molecule has 0 bridgehead atoms. The van der Waals surface area contributed by atoms with Crippen LogP contribution in [-0.2, 0) is 9.53 Å². The summed E-state index contributed by atoms with van der Waals surface area (Å²) in [5.74, 6) is 2.73. The van der Waals surface area contributed by atoms with Crippen LogP contribution in [0.5, 0.6) is 5.75 Å². The Balaban J connectivity index is 1.47. The predicted molar refractivity (Wildman–Crippen MR) is 129 cm³/mol. The number of benzene rings is 3. The van der Waals surface area contributed by atoms with Gasteiger partial charge in [-0.1, -0.05) is 54.5 Å². The molecule has 1 aliphatic carbocycles. The molecule has 176 valence electrons. The van der Waals surface area contributed by atoms with E-state index in [1.165, 1.54) is 19.2 Å². The fraction of sp³-hybridized carbons (Fsp3) is 0.148. The van der Waals surface area contributed by atoms with Gasteiger partial charge in [0.15, 0.2) is 0 Å². The fourth-order valence-electron chi connectivity index (χ4n) is 4.04. The number of fused-ring (bicyclic) bond motifs is 3. The number of carboxylic acid groups (broad SMARTS) is 1. The molecular formula is C27H22N2O6. The molecule has 1 aliphatic rings. The number of methoxy groups -OCH3 is 1. The lowest BCUT2D eigenvalue weighted by Gasteiger charge is -2.16. The molecule has 4 rings (SSSR count). The van der Waals surface area contributed by atoms with E-state index in [9.17, 15) is 14.4 Å². The lowest BCUT2D eigenvalue weighted by molar-refractivity contribution is -0.130. The summed E-state index contributed by atoms with van der Waals surface area (Å²) in [6.45, 7) is -0.0440. The molecule has 0 saturated carbocycles. The van der Waals surface area contributed by atoms with Crippen molar-refractivity contribution >= 4 is 23.7 Å². The second-order valence-electron chi connectivity index (χ2n) is 7.65. The van der Waals surface area contributed by atoms with E-state index in [0.717, 1.165) is 22.3 Å². The van der Waals surface area contributed by atoms with Gasteiger partial charge in [-0.05, 0) is 34.4 Å². The molecule has 3 N–H and O–H groups in total. The van der Waals surface area contributed by atoms with Gasteiger partial charge in [-0.2, -0.15) is 0 Å². The number of anilines is 1. The van der Waals surface area contributed by atoms with Gasteiger partial charge in [0.25, 0.3) is 5.91 Å². The standard InChI is InChI=1S/C27H22N2O6/c1-34-17-12-13-22(26(32)28-14-6-11-25(30)31)24(15-17)29-27(33)35-16-23-20-9-4-2-7-18(20)19-8-3-5-10-21(19)23/h2-5,7-10,12-13,15,23H,14,16H2,1H3,(H,28,32)(H,29,33)(H,30,31). The summed E-state index contributed by atoms with van der Waals surface area (Å²) in [5, 5.41) is 13.7. The number of rotatable bonds is 6. The Hall–Kier alpha value is -4.77. The lowest BCUT2D eigenvalue weighted by Crippen LogP contribution is -2.26. The molecule has 8 nitrogen and oxygen atoms in total. The first kappa shape index (κ1) is 23.4. The second kappa shape index (κ2) is 10.4. The number of carboxylic acids is 1. The SMILES string of the molecule is COc1ccc(C(=O)NCC#CC(=O)O)c(NC(=O)OCC2c3ccccc3-c3ccccc32)c1. The highest BCUT2D eigenvalue weighted by atomic mass is 16.5. The second-order valence-corrected chi connectivity index (χ2v) is 7.65. The van der Waals surface area contributed by atoms with Crippen LogP contribution in [0.3, 0.4) is 0 Å². The van der Waals surface area contributed by atoms with Gasteiger partial charge in [-0.25, -0.2) is 9.59 Å². The summed E-state index contributed by atoms with van der Waals surface area (Å²) in [7, 11) is 1.47. The third-order valence-corrected chi connectivity index (χ3v) is 5.58. The highest BCUT2D eigenvalue weighted by Gasteiger charge is 2.29. The van der Waals surface area contributed by atoms with Crippen LogP contribution in [0.25, 0.3) is 11.1 Å². The van der Waals surface area contributed by atoms with Gasteiger partial charge in [-0.3, -0.25) is 10.1 Å². The molecule has 35 heavy (non-hydrogen) atoms. The van der Waals surface area contributed by atoms with E-state index in [1.807, 2.05) is 42.3 Å². The Bertz CT molecular complexity index is 1310. The molecule has 3 aromatic carbocycles. The zero-order valence-electron chi connectivity index (χ0n) is 18.8. The van der Waals surface area contributed by atoms with E-state index in [2.05, 4.69) is 28.7 Å². The molecule has 0 saturated heterocycles. The van der Waals surface area contributed by atoms with Crippen LogP contribution in [0, 0.1) is 11.8 Å². The summed E-state index contributed by atoms with van der Waals surface area (Å²) in [5.41, 5.74) is 4.75. The Morgan fingerprint density at radius 1 is 0.971 bits per heavy atom. The Morgan fingerprint density at radius 3 is 2.26 bits per heavy atom. The van der Waals surface area contributed by atoms with E-state index in [0.29, 0.717) is 5.75 Å². The molecule has 0 aliphatic heterocycles. The quantitative estimate of drug-likeness (QED) is 0.471. The minimum absolute atomic E-state index is 0.103. The summed E-state index contributed by atoms with van der Waals surface area (Å²) in [4.78, 5) is 35.8. The maximum Gasteiger partial charge on any atom is 0.411 e. The fourth-order valence-corrected chi connectivity index (χ4v) is 4.04. The van der Waals surface area contributed by atoms with Crippen LogP contribution in [0.2, 0.25) is 0 Å². The molecule has 3 aromatic rings. The maximum absolute atomic E-state index is 12.7. The van der Waals surface area contributed by atoms with Gasteiger partial charge >= 0.3 is 12.1 Å². The van der Waals surface area contributed by atoms with Gasteiger partial charge < -0.3 is 19.9 Å². The minimum Gasteiger partial charge on any atom is -0.497 e. The highest BCUT2D eigenvalue weighted by molar-refractivity contribution is 6.03. The zero-order valence-corrected chi connectivity index (χ0v) is 18.8. The summed E-state index contributed by atoms with van der Waals surface area (Å²) in [6.07, 6.45) is -0.722. The number of carbonyl (C=O) groups excluding carboxylic acids is 2. The number of nitrogens with one attached hydrogen (secondary N) is 2. The van der Waals surface area contributed by atoms with Crippen molar-refractivity contribution in [3.05, 3.63) is 83.4 Å². The average Bonchev–Trinajstić information content (AvgIpc) is 3.18. The predicted octanol–water partition coefficient (Wildman–Crippen LogP) is 3.87. The minimum atomic E-state index is -1.29.